The van der Waals surface area contributed by atoms with E-state index in [9.17, 15) is 5.11 Å². The van der Waals surface area contributed by atoms with Crippen LogP contribution < -0.4 is 0 Å². The number of phenolic OH excluding ortho intramolecular Hbond substituents is 1. The van der Waals surface area contributed by atoms with Gasteiger partial charge in [0, 0.05) is 0 Å². The normalized spacial score (nSPS) is 13.0. The molecule has 0 aliphatic rings. The van der Waals surface area contributed by atoms with E-state index in [0.717, 1.165) is 18.3 Å². The Hall–Kier alpha value is -0.980. The predicted octanol–water partition coefficient (Wildman–Crippen LogP) is 4.40. The molecule has 90 valence electrons. The fourth-order valence-corrected chi connectivity index (χ4v) is 2.01. The van der Waals surface area contributed by atoms with E-state index in [1.165, 1.54) is 24.8 Å². The van der Waals surface area contributed by atoms with E-state index < -0.39 is 0 Å². The van der Waals surface area contributed by atoms with E-state index in [4.69, 9.17) is 0 Å². The highest BCUT2D eigenvalue weighted by Gasteiger charge is 2.04. The molecule has 1 heteroatoms. The maximum Gasteiger partial charge on any atom is 0.115 e. The zero-order chi connectivity index (χ0) is 12.0. The van der Waals surface area contributed by atoms with E-state index in [-0.39, 0.29) is 0 Å². The summed E-state index contributed by atoms with van der Waals surface area (Å²) < 4.78 is 0. The molecule has 1 atom stereocenters. The molecule has 0 aromatic heterocycles. The lowest BCUT2D eigenvalue weighted by atomic mass is 9.94. The van der Waals surface area contributed by atoms with Gasteiger partial charge in [0.15, 0.2) is 0 Å². The number of benzene rings is 1. The lowest BCUT2D eigenvalue weighted by molar-refractivity contribution is 0.455. The Morgan fingerprint density at radius 3 is 2.19 bits per heavy atom. The molecule has 1 N–H and O–H groups in total. The molecule has 1 aromatic carbocycles. The SMILES string of the molecule is CC(C)CCCC(C)Cc1ccc(O)cc1. The van der Waals surface area contributed by atoms with Crippen LogP contribution in [0.2, 0.25) is 0 Å². The Balaban J connectivity index is 2.28. The zero-order valence-electron chi connectivity index (χ0n) is 10.7. The molecule has 0 saturated heterocycles. The van der Waals surface area contributed by atoms with Crippen molar-refractivity contribution in [3.05, 3.63) is 29.8 Å². The van der Waals surface area contributed by atoms with Crippen LogP contribution in [0.4, 0.5) is 0 Å². The largest absolute Gasteiger partial charge is 0.508 e. The third kappa shape index (κ3) is 5.20. The standard InChI is InChI=1S/C15H24O/c1-12(2)5-4-6-13(3)11-14-7-9-15(16)10-8-14/h7-10,12-13,16H,4-6,11H2,1-3H3. The number of hydrogen-bond donors (Lipinski definition) is 1. The molecule has 1 unspecified atom stereocenters. The van der Waals surface area contributed by atoms with Crippen molar-refractivity contribution in [1.29, 1.82) is 0 Å². The Kier molecular flexibility index (Phi) is 5.37. The van der Waals surface area contributed by atoms with Gasteiger partial charge < -0.3 is 5.11 Å². The fraction of sp³-hybridized carbons (Fsp3) is 0.600. The van der Waals surface area contributed by atoms with Crippen molar-refractivity contribution in [2.24, 2.45) is 11.8 Å². The van der Waals surface area contributed by atoms with Gasteiger partial charge in [0.05, 0.1) is 0 Å². The van der Waals surface area contributed by atoms with Crippen LogP contribution in [-0.4, -0.2) is 5.11 Å². The van der Waals surface area contributed by atoms with Crippen molar-refractivity contribution in [3.63, 3.8) is 0 Å². The molecule has 1 aromatic rings. The second kappa shape index (κ2) is 6.57. The first-order chi connectivity index (χ1) is 7.58. The van der Waals surface area contributed by atoms with Crippen molar-refractivity contribution in [2.75, 3.05) is 0 Å². The van der Waals surface area contributed by atoms with Gasteiger partial charge in [0.2, 0.25) is 0 Å². The minimum absolute atomic E-state index is 0.358. The molecule has 0 aliphatic carbocycles. The van der Waals surface area contributed by atoms with E-state index in [1.54, 1.807) is 12.1 Å². The maximum absolute atomic E-state index is 9.19. The first-order valence-corrected chi connectivity index (χ1v) is 6.36. The van der Waals surface area contributed by atoms with Gasteiger partial charge in [-0.25, -0.2) is 0 Å². The van der Waals surface area contributed by atoms with Gasteiger partial charge in [-0.1, -0.05) is 52.2 Å². The van der Waals surface area contributed by atoms with E-state index >= 15 is 0 Å². The Bertz CT molecular complexity index is 287. The van der Waals surface area contributed by atoms with Crippen molar-refractivity contribution >= 4 is 0 Å². The highest BCUT2D eigenvalue weighted by molar-refractivity contribution is 5.26. The molecule has 0 bridgehead atoms. The van der Waals surface area contributed by atoms with Gasteiger partial charge in [0.25, 0.3) is 0 Å². The molecule has 0 radical (unpaired) electrons. The third-order valence-corrected chi connectivity index (χ3v) is 3.00. The molecule has 0 fully saturated rings. The van der Waals surface area contributed by atoms with E-state index in [2.05, 4.69) is 20.8 Å². The number of phenols is 1. The quantitative estimate of drug-likeness (QED) is 0.753. The van der Waals surface area contributed by atoms with Gasteiger partial charge >= 0.3 is 0 Å². The average molecular weight is 220 g/mol. The maximum atomic E-state index is 9.19. The minimum Gasteiger partial charge on any atom is -0.508 e. The van der Waals surface area contributed by atoms with Gasteiger partial charge in [-0.2, -0.15) is 0 Å². The summed E-state index contributed by atoms with van der Waals surface area (Å²) in [4.78, 5) is 0. The molecular weight excluding hydrogens is 196 g/mol. The van der Waals surface area contributed by atoms with Gasteiger partial charge in [-0.05, 0) is 36.0 Å². The van der Waals surface area contributed by atoms with Crippen LogP contribution in [0.25, 0.3) is 0 Å². The molecule has 0 spiro atoms. The topological polar surface area (TPSA) is 20.2 Å². The second-order valence-electron chi connectivity index (χ2n) is 5.30. The van der Waals surface area contributed by atoms with Crippen LogP contribution in [-0.2, 0) is 6.42 Å². The first-order valence-electron chi connectivity index (χ1n) is 6.36. The van der Waals surface area contributed by atoms with E-state index in [1.807, 2.05) is 12.1 Å². The summed E-state index contributed by atoms with van der Waals surface area (Å²) in [7, 11) is 0. The molecule has 0 saturated carbocycles. The van der Waals surface area contributed by atoms with Crippen LogP contribution >= 0.6 is 0 Å². The lowest BCUT2D eigenvalue weighted by Gasteiger charge is -2.12. The summed E-state index contributed by atoms with van der Waals surface area (Å²) in [6.07, 6.45) is 5.09. The van der Waals surface area contributed by atoms with Gasteiger partial charge in [-0.15, -0.1) is 0 Å². The smallest absolute Gasteiger partial charge is 0.115 e. The van der Waals surface area contributed by atoms with Crippen molar-refractivity contribution in [1.82, 2.24) is 0 Å². The van der Waals surface area contributed by atoms with Crippen LogP contribution in [0, 0.1) is 11.8 Å². The van der Waals surface area contributed by atoms with Gasteiger partial charge in [0.1, 0.15) is 5.75 Å². The van der Waals surface area contributed by atoms with E-state index in [0.29, 0.717) is 5.75 Å². The van der Waals surface area contributed by atoms with Crippen LogP contribution in [0.15, 0.2) is 24.3 Å². The number of hydrogen-bond acceptors (Lipinski definition) is 1. The van der Waals surface area contributed by atoms with Crippen LogP contribution in [0.5, 0.6) is 5.75 Å². The Morgan fingerprint density at radius 1 is 1.00 bits per heavy atom. The summed E-state index contributed by atoms with van der Waals surface area (Å²) in [5, 5.41) is 9.19. The monoisotopic (exact) mass is 220 g/mol. The van der Waals surface area contributed by atoms with Crippen LogP contribution in [0.3, 0.4) is 0 Å². The second-order valence-corrected chi connectivity index (χ2v) is 5.30. The zero-order valence-corrected chi connectivity index (χ0v) is 10.7. The number of rotatable bonds is 6. The highest BCUT2D eigenvalue weighted by atomic mass is 16.3. The van der Waals surface area contributed by atoms with Crippen molar-refractivity contribution in [3.8, 4) is 5.75 Å². The molecule has 0 heterocycles. The summed E-state index contributed by atoms with van der Waals surface area (Å²) in [5.41, 5.74) is 1.33. The highest BCUT2D eigenvalue weighted by Crippen LogP contribution is 2.18. The minimum atomic E-state index is 0.358. The molecular formula is C15H24O. The summed E-state index contributed by atoms with van der Waals surface area (Å²) in [6, 6.07) is 7.59. The summed E-state index contributed by atoms with van der Waals surface area (Å²) in [5.74, 6) is 1.92. The molecule has 1 rings (SSSR count). The molecule has 16 heavy (non-hydrogen) atoms. The van der Waals surface area contributed by atoms with Gasteiger partial charge in [-0.3, -0.25) is 0 Å². The third-order valence-electron chi connectivity index (χ3n) is 3.00. The fourth-order valence-electron chi connectivity index (χ4n) is 2.01. The van der Waals surface area contributed by atoms with Crippen LogP contribution in [0.1, 0.15) is 45.6 Å². The number of aromatic hydroxyl groups is 1. The first kappa shape index (κ1) is 13.1. The summed E-state index contributed by atoms with van der Waals surface area (Å²) >= 11 is 0. The summed E-state index contributed by atoms with van der Waals surface area (Å²) in [6.45, 7) is 6.88. The Morgan fingerprint density at radius 2 is 1.62 bits per heavy atom. The molecule has 0 aliphatic heterocycles. The van der Waals surface area contributed by atoms with Crippen molar-refractivity contribution in [2.45, 2.75) is 46.5 Å². The average Bonchev–Trinajstić information content (AvgIpc) is 2.21. The van der Waals surface area contributed by atoms with Crippen molar-refractivity contribution < 1.29 is 5.11 Å². The molecule has 0 amide bonds. The Labute approximate surface area is 99.5 Å². The predicted molar refractivity (Wildman–Crippen MR) is 69.7 cm³/mol. The molecule has 1 nitrogen and oxygen atoms in total. The lowest BCUT2D eigenvalue weighted by Crippen LogP contribution is -2.00.